The van der Waals surface area contributed by atoms with Crippen LogP contribution in [0.2, 0.25) is 5.02 Å². The lowest BCUT2D eigenvalue weighted by Crippen LogP contribution is -2.20. The lowest BCUT2D eigenvalue weighted by Gasteiger charge is -2.12. The summed E-state index contributed by atoms with van der Waals surface area (Å²) in [7, 11) is 0. The van der Waals surface area contributed by atoms with Crippen molar-refractivity contribution >= 4 is 34.2 Å². The van der Waals surface area contributed by atoms with Gasteiger partial charge in [0.2, 0.25) is 0 Å². The number of unbranched alkanes of at least 4 members (excludes halogenated alkanes) is 1. The van der Waals surface area contributed by atoms with E-state index in [1.165, 1.54) is 6.07 Å². The molecule has 3 rings (SSSR count). The van der Waals surface area contributed by atoms with E-state index < -0.39 is 5.63 Å². The molecule has 0 fully saturated rings. The van der Waals surface area contributed by atoms with Crippen molar-refractivity contribution in [2.75, 3.05) is 11.9 Å². The van der Waals surface area contributed by atoms with E-state index in [2.05, 4.69) is 12.2 Å². The number of carbonyl (C=O) groups excluding carboxylic acids is 1. The van der Waals surface area contributed by atoms with Crippen LogP contribution in [-0.2, 0) is 11.2 Å². The van der Waals surface area contributed by atoms with Crippen LogP contribution >= 0.6 is 11.6 Å². The molecular weight excluding hydrogens is 390 g/mol. The van der Waals surface area contributed by atoms with Crippen molar-refractivity contribution in [3.63, 3.8) is 0 Å². The van der Waals surface area contributed by atoms with E-state index in [-0.39, 0.29) is 12.5 Å². The van der Waals surface area contributed by atoms with Crippen LogP contribution in [0.1, 0.15) is 36.5 Å². The molecule has 1 heterocycles. The van der Waals surface area contributed by atoms with Crippen molar-refractivity contribution in [2.45, 2.75) is 40.0 Å². The van der Waals surface area contributed by atoms with Gasteiger partial charge in [-0.15, -0.1) is 0 Å². The lowest BCUT2D eigenvalue weighted by atomic mass is 10.0. The third-order valence-corrected chi connectivity index (χ3v) is 5.00. The van der Waals surface area contributed by atoms with E-state index in [4.69, 9.17) is 20.8 Å². The minimum absolute atomic E-state index is 0.210. The smallest absolute Gasteiger partial charge is 0.336 e. The minimum atomic E-state index is -0.412. The quantitative estimate of drug-likeness (QED) is 0.525. The molecule has 0 aliphatic rings. The van der Waals surface area contributed by atoms with Gasteiger partial charge in [0.25, 0.3) is 5.91 Å². The summed E-state index contributed by atoms with van der Waals surface area (Å²) in [4.78, 5) is 24.2. The Bertz CT molecular complexity index is 1100. The van der Waals surface area contributed by atoms with Gasteiger partial charge in [0.1, 0.15) is 11.3 Å². The number of amides is 1. The Kier molecular flexibility index (Phi) is 6.60. The van der Waals surface area contributed by atoms with Gasteiger partial charge in [0.15, 0.2) is 6.61 Å². The molecule has 0 unspecified atom stereocenters. The zero-order valence-corrected chi connectivity index (χ0v) is 17.6. The molecule has 6 heteroatoms. The first-order valence-corrected chi connectivity index (χ1v) is 10.0. The van der Waals surface area contributed by atoms with Crippen LogP contribution in [0.4, 0.5) is 5.69 Å². The molecule has 2 aromatic carbocycles. The zero-order valence-electron chi connectivity index (χ0n) is 16.8. The maximum atomic E-state index is 12.3. The topological polar surface area (TPSA) is 68.5 Å². The number of benzene rings is 2. The second-order valence-electron chi connectivity index (χ2n) is 7.13. The maximum absolute atomic E-state index is 12.3. The van der Waals surface area contributed by atoms with Crippen molar-refractivity contribution in [1.82, 2.24) is 0 Å². The fourth-order valence-corrected chi connectivity index (χ4v) is 3.33. The molecule has 1 amide bonds. The number of carbonyl (C=O) groups is 1. The highest BCUT2D eigenvalue weighted by molar-refractivity contribution is 6.32. The number of ether oxygens (including phenoxy) is 1. The van der Waals surface area contributed by atoms with E-state index >= 15 is 0 Å². The van der Waals surface area contributed by atoms with Crippen LogP contribution in [0.5, 0.6) is 5.75 Å². The monoisotopic (exact) mass is 413 g/mol. The highest BCUT2D eigenvalue weighted by Gasteiger charge is 2.13. The van der Waals surface area contributed by atoms with E-state index in [0.29, 0.717) is 16.4 Å². The van der Waals surface area contributed by atoms with E-state index in [1.54, 1.807) is 12.1 Å². The second-order valence-corrected chi connectivity index (χ2v) is 7.54. The number of hydrogen-bond donors (Lipinski definition) is 1. The number of rotatable bonds is 7. The van der Waals surface area contributed by atoms with Crippen molar-refractivity contribution in [3.05, 3.63) is 68.5 Å². The molecule has 0 radical (unpaired) electrons. The van der Waals surface area contributed by atoms with Gasteiger partial charge in [-0.1, -0.05) is 37.1 Å². The molecule has 1 N–H and O–H groups in total. The van der Waals surface area contributed by atoms with Gasteiger partial charge in [0, 0.05) is 23.2 Å². The van der Waals surface area contributed by atoms with Crippen LogP contribution in [0.25, 0.3) is 11.0 Å². The summed E-state index contributed by atoms with van der Waals surface area (Å²) in [6.45, 7) is 5.77. The standard InChI is InChI=1S/C23H24ClNO4/c1-4-5-6-16-10-23(27)29-20-12-21(18(24)11-17(16)20)28-13-22(26)25-19-9-14(2)7-8-15(19)3/h7-12H,4-6,13H2,1-3H3,(H,25,26). The fourth-order valence-electron chi connectivity index (χ4n) is 3.11. The summed E-state index contributed by atoms with van der Waals surface area (Å²) >= 11 is 6.36. The number of fused-ring (bicyclic) bond motifs is 1. The van der Waals surface area contributed by atoms with Crippen molar-refractivity contribution in [2.24, 2.45) is 0 Å². The Balaban J connectivity index is 1.77. The first-order chi connectivity index (χ1) is 13.9. The minimum Gasteiger partial charge on any atom is -0.482 e. The first kappa shape index (κ1) is 20.9. The largest absolute Gasteiger partial charge is 0.482 e. The molecule has 0 aliphatic carbocycles. The Hall–Kier alpha value is -2.79. The molecule has 3 aromatic rings. The number of nitrogens with one attached hydrogen (secondary N) is 1. The van der Waals surface area contributed by atoms with Crippen LogP contribution in [0, 0.1) is 13.8 Å². The Morgan fingerprint density at radius 3 is 2.72 bits per heavy atom. The highest BCUT2D eigenvalue weighted by atomic mass is 35.5. The van der Waals surface area contributed by atoms with Crippen LogP contribution in [-0.4, -0.2) is 12.5 Å². The summed E-state index contributed by atoms with van der Waals surface area (Å²) in [5.41, 5.74) is 3.66. The Morgan fingerprint density at radius 1 is 1.17 bits per heavy atom. The van der Waals surface area contributed by atoms with E-state index in [1.807, 2.05) is 32.0 Å². The van der Waals surface area contributed by atoms with Gasteiger partial charge in [0.05, 0.1) is 5.02 Å². The predicted octanol–water partition coefficient (Wildman–Crippen LogP) is 5.42. The number of hydrogen-bond acceptors (Lipinski definition) is 4. The molecule has 0 atom stereocenters. The molecule has 5 nitrogen and oxygen atoms in total. The number of aryl methyl sites for hydroxylation is 3. The third kappa shape index (κ3) is 5.18. The van der Waals surface area contributed by atoms with Gasteiger partial charge >= 0.3 is 5.63 Å². The number of halogens is 1. The van der Waals surface area contributed by atoms with Crippen molar-refractivity contribution < 1.29 is 13.9 Å². The zero-order chi connectivity index (χ0) is 21.0. The fraction of sp³-hybridized carbons (Fsp3) is 0.304. The molecule has 152 valence electrons. The van der Waals surface area contributed by atoms with Crippen molar-refractivity contribution in [3.8, 4) is 5.75 Å². The van der Waals surface area contributed by atoms with Gasteiger partial charge in [-0.05, 0) is 55.5 Å². The molecular formula is C23H24ClNO4. The molecule has 1 aromatic heterocycles. The Labute approximate surface area is 174 Å². The summed E-state index contributed by atoms with van der Waals surface area (Å²) in [5, 5.41) is 3.99. The van der Waals surface area contributed by atoms with Gasteiger partial charge in [-0.3, -0.25) is 4.79 Å². The normalized spacial score (nSPS) is 10.9. The maximum Gasteiger partial charge on any atom is 0.336 e. The SMILES string of the molecule is CCCCc1cc(=O)oc2cc(OCC(=O)Nc3cc(C)ccc3C)c(Cl)cc12. The first-order valence-electron chi connectivity index (χ1n) is 9.63. The van der Waals surface area contributed by atoms with E-state index in [9.17, 15) is 9.59 Å². The summed E-state index contributed by atoms with van der Waals surface area (Å²) in [6.07, 6.45) is 2.76. The van der Waals surface area contributed by atoms with Crippen LogP contribution in [0.15, 0.2) is 45.6 Å². The van der Waals surface area contributed by atoms with Gasteiger partial charge in [-0.2, -0.15) is 0 Å². The van der Waals surface area contributed by atoms with Crippen LogP contribution < -0.4 is 15.7 Å². The molecule has 29 heavy (non-hydrogen) atoms. The third-order valence-electron chi connectivity index (χ3n) is 4.71. The number of anilines is 1. The molecule has 0 bridgehead atoms. The van der Waals surface area contributed by atoms with Crippen LogP contribution in [0.3, 0.4) is 0 Å². The average Bonchev–Trinajstić information content (AvgIpc) is 2.67. The van der Waals surface area contributed by atoms with Crippen molar-refractivity contribution in [1.29, 1.82) is 0 Å². The average molecular weight is 414 g/mol. The Morgan fingerprint density at radius 2 is 1.97 bits per heavy atom. The van der Waals surface area contributed by atoms with Gasteiger partial charge in [-0.25, -0.2) is 4.79 Å². The predicted molar refractivity (Wildman–Crippen MR) is 116 cm³/mol. The summed E-state index contributed by atoms with van der Waals surface area (Å²) in [6, 6.07) is 10.6. The summed E-state index contributed by atoms with van der Waals surface area (Å²) < 4.78 is 10.9. The second kappa shape index (κ2) is 9.14. The van der Waals surface area contributed by atoms with E-state index in [0.717, 1.165) is 47.0 Å². The molecule has 0 spiro atoms. The lowest BCUT2D eigenvalue weighted by molar-refractivity contribution is -0.118. The molecule has 0 aliphatic heterocycles. The molecule has 0 saturated heterocycles. The van der Waals surface area contributed by atoms with Gasteiger partial charge < -0.3 is 14.5 Å². The molecule has 0 saturated carbocycles. The summed E-state index contributed by atoms with van der Waals surface area (Å²) in [5.74, 6) is -0.000847. The highest BCUT2D eigenvalue weighted by Crippen LogP contribution is 2.31.